The van der Waals surface area contributed by atoms with E-state index in [-0.39, 0.29) is 12.3 Å². The van der Waals surface area contributed by atoms with Crippen LogP contribution in [0.1, 0.15) is 38.1 Å². The number of aliphatic carboxylic acids is 1. The van der Waals surface area contributed by atoms with Crippen LogP contribution in [-0.4, -0.2) is 24.2 Å². The van der Waals surface area contributed by atoms with Gasteiger partial charge in [0.25, 0.3) is 0 Å². The lowest BCUT2D eigenvalue weighted by Gasteiger charge is -2.15. The Morgan fingerprint density at radius 3 is 2.68 bits per heavy atom. The number of para-hydroxylation sites is 3. The Balaban J connectivity index is 2.09. The average molecular weight is 380 g/mol. The van der Waals surface area contributed by atoms with Crippen LogP contribution < -0.4 is 14.6 Å². The van der Waals surface area contributed by atoms with E-state index < -0.39 is 5.97 Å². The molecule has 28 heavy (non-hydrogen) atoms. The topological polar surface area (TPSA) is 84.6 Å². The molecule has 3 rings (SSSR count). The maximum absolute atomic E-state index is 11.3. The lowest BCUT2D eigenvalue weighted by molar-refractivity contribution is -0.304. The van der Waals surface area contributed by atoms with E-state index in [1.54, 1.807) is 12.1 Å². The molecule has 0 fully saturated rings. The second-order valence-electron chi connectivity index (χ2n) is 6.16. The molecule has 1 heterocycles. The van der Waals surface area contributed by atoms with Crippen LogP contribution in [0.4, 0.5) is 0 Å². The SMILES string of the molecule is CCCOc1c(/C=C(\CC(=O)[O-])c2nc3ccccc3o2)cccc1OCC. The van der Waals surface area contributed by atoms with Gasteiger partial charge in [0.1, 0.15) is 5.52 Å². The van der Waals surface area contributed by atoms with E-state index in [9.17, 15) is 9.90 Å². The largest absolute Gasteiger partial charge is 0.550 e. The lowest BCUT2D eigenvalue weighted by atomic mass is 10.1. The van der Waals surface area contributed by atoms with Gasteiger partial charge >= 0.3 is 0 Å². The number of aromatic nitrogens is 1. The summed E-state index contributed by atoms with van der Waals surface area (Å²) in [6.07, 6.45) is 2.20. The van der Waals surface area contributed by atoms with Crippen LogP contribution in [0.3, 0.4) is 0 Å². The fourth-order valence-electron chi connectivity index (χ4n) is 2.82. The summed E-state index contributed by atoms with van der Waals surface area (Å²) >= 11 is 0. The molecule has 146 valence electrons. The first-order valence-corrected chi connectivity index (χ1v) is 9.27. The van der Waals surface area contributed by atoms with Gasteiger partial charge in [-0.15, -0.1) is 0 Å². The molecule has 0 unspecified atom stereocenters. The standard InChI is InChI=1S/C22H23NO5/c1-3-12-27-21-15(8-7-11-19(21)26-4-2)13-16(14-20(24)25)22-23-17-9-5-6-10-18(17)28-22/h5-11,13H,3-4,12,14H2,1-2H3,(H,24,25)/p-1/b16-13+. The molecular weight excluding hydrogens is 358 g/mol. The number of hydrogen-bond acceptors (Lipinski definition) is 6. The maximum Gasteiger partial charge on any atom is 0.223 e. The number of oxazole rings is 1. The summed E-state index contributed by atoms with van der Waals surface area (Å²) in [5.41, 5.74) is 2.34. The number of carbonyl (C=O) groups is 1. The van der Waals surface area contributed by atoms with Crippen molar-refractivity contribution < 1.29 is 23.8 Å². The third-order valence-corrected chi connectivity index (χ3v) is 3.99. The number of carbonyl (C=O) groups excluding carboxylic acids is 1. The van der Waals surface area contributed by atoms with Crippen molar-refractivity contribution in [2.24, 2.45) is 0 Å². The van der Waals surface area contributed by atoms with Gasteiger partial charge in [-0.05, 0) is 37.6 Å². The van der Waals surface area contributed by atoms with Crippen LogP contribution in [-0.2, 0) is 4.79 Å². The average Bonchev–Trinajstić information content (AvgIpc) is 3.11. The highest BCUT2D eigenvalue weighted by Crippen LogP contribution is 2.35. The van der Waals surface area contributed by atoms with E-state index in [1.807, 2.05) is 50.2 Å². The van der Waals surface area contributed by atoms with Crippen LogP contribution >= 0.6 is 0 Å². The van der Waals surface area contributed by atoms with Crippen LogP contribution in [0, 0.1) is 0 Å². The summed E-state index contributed by atoms with van der Waals surface area (Å²) < 4.78 is 17.3. The fourth-order valence-corrected chi connectivity index (χ4v) is 2.82. The number of ether oxygens (including phenoxy) is 2. The van der Waals surface area contributed by atoms with Gasteiger partial charge in [-0.3, -0.25) is 0 Å². The van der Waals surface area contributed by atoms with Crippen molar-refractivity contribution in [2.45, 2.75) is 26.7 Å². The molecule has 0 amide bonds. The van der Waals surface area contributed by atoms with Gasteiger partial charge in [0, 0.05) is 23.5 Å². The van der Waals surface area contributed by atoms with Gasteiger partial charge in [0.2, 0.25) is 5.89 Å². The highest BCUT2D eigenvalue weighted by atomic mass is 16.5. The number of carboxylic acids is 1. The van der Waals surface area contributed by atoms with Crippen LogP contribution in [0.2, 0.25) is 0 Å². The lowest BCUT2D eigenvalue weighted by Crippen LogP contribution is -2.22. The van der Waals surface area contributed by atoms with Crippen LogP contribution in [0.25, 0.3) is 22.7 Å². The highest BCUT2D eigenvalue weighted by molar-refractivity contribution is 5.91. The fraction of sp³-hybridized carbons (Fsp3) is 0.273. The first kappa shape index (κ1) is 19.5. The molecule has 0 aliphatic heterocycles. The molecule has 3 aromatic rings. The molecule has 0 atom stereocenters. The van der Waals surface area contributed by atoms with Gasteiger partial charge in [-0.25, -0.2) is 4.98 Å². The van der Waals surface area contributed by atoms with E-state index in [0.717, 1.165) is 6.42 Å². The Hall–Kier alpha value is -3.28. The van der Waals surface area contributed by atoms with E-state index in [1.165, 1.54) is 0 Å². The third kappa shape index (κ3) is 4.52. The highest BCUT2D eigenvalue weighted by Gasteiger charge is 2.15. The number of rotatable bonds is 9. The molecule has 0 aliphatic rings. The van der Waals surface area contributed by atoms with E-state index in [4.69, 9.17) is 13.9 Å². The van der Waals surface area contributed by atoms with Crippen molar-refractivity contribution in [3.63, 3.8) is 0 Å². The summed E-state index contributed by atoms with van der Waals surface area (Å²) in [7, 11) is 0. The van der Waals surface area contributed by atoms with Gasteiger partial charge in [0.05, 0.1) is 13.2 Å². The van der Waals surface area contributed by atoms with Crippen LogP contribution in [0.5, 0.6) is 11.5 Å². The Morgan fingerprint density at radius 2 is 1.96 bits per heavy atom. The van der Waals surface area contributed by atoms with Crippen molar-refractivity contribution in [3.05, 3.63) is 53.9 Å². The second-order valence-corrected chi connectivity index (χ2v) is 6.16. The normalized spacial score (nSPS) is 11.6. The van der Waals surface area contributed by atoms with Gasteiger partial charge in [-0.2, -0.15) is 0 Å². The molecule has 0 N–H and O–H groups in total. The Kier molecular flexibility index (Phi) is 6.32. The first-order valence-electron chi connectivity index (χ1n) is 9.27. The minimum atomic E-state index is -1.22. The third-order valence-electron chi connectivity index (χ3n) is 3.99. The van der Waals surface area contributed by atoms with Crippen molar-refractivity contribution in [3.8, 4) is 11.5 Å². The predicted octanol–water partition coefficient (Wildman–Crippen LogP) is 3.70. The van der Waals surface area contributed by atoms with Crippen molar-refractivity contribution in [1.82, 2.24) is 4.98 Å². The minimum absolute atomic E-state index is 0.244. The molecule has 0 aliphatic carbocycles. The Morgan fingerprint density at radius 1 is 1.14 bits per heavy atom. The van der Waals surface area contributed by atoms with Crippen LogP contribution in [0.15, 0.2) is 46.9 Å². The molecular formula is C22H22NO5-. The number of hydrogen-bond donors (Lipinski definition) is 0. The van der Waals surface area contributed by atoms with Crippen molar-refractivity contribution in [1.29, 1.82) is 0 Å². The second kappa shape index (κ2) is 9.08. The molecule has 1 aromatic heterocycles. The monoisotopic (exact) mass is 380 g/mol. The number of carboxylic acid groups (broad SMARTS) is 1. The van der Waals surface area contributed by atoms with Gasteiger partial charge < -0.3 is 23.8 Å². The summed E-state index contributed by atoms with van der Waals surface area (Å²) in [6.45, 7) is 4.92. The zero-order valence-corrected chi connectivity index (χ0v) is 15.9. The zero-order chi connectivity index (χ0) is 19.9. The van der Waals surface area contributed by atoms with Gasteiger partial charge in [-0.1, -0.05) is 31.2 Å². The number of nitrogens with zero attached hydrogens (tertiary/aromatic N) is 1. The quantitative estimate of drug-likeness (QED) is 0.563. The summed E-state index contributed by atoms with van der Waals surface area (Å²) in [5, 5.41) is 11.3. The number of benzene rings is 2. The molecule has 6 heteroatoms. The summed E-state index contributed by atoms with van der Waals surface area (Å²) in [4.78, 5) is 15.8. The first-order chi connectivity index (χ1) is 13.6. The molecule has 0 radical (unpaired) electrons. The van der Waals surface area contributed by atoms with Crippen molar-refractivity contribution in [2.75, 3.05) is 13.2 Å². The van der Waals surface area contributed by atoms with Crippen molar-refractivity contribution >= 4 is 28.7 Å². The molecule has 0 bridgehead atoms. The van der Waals surface area contributed by atoms with E-state index in [2.05, 4.69) is 4.98 Å². The molecule has 2 aromatic carbocycles. The van der Waals surface area contributed by atoms with E-state index >= 15 is 0 Å². The maximum atomic E-state index is 11.3. The smallest absolute Gasteiger partial charge is 0.223 e. The Labute approximate surface area is 163 Å². The molecule has 0 spiro atoms. The number of fused-ring (bicyclic) bond motifs is 1. The Bertz CT molecular complexity index is 957. The molecule has 0 saturated carbocycles. The summed E-state index contributed by atoms with van der Waals surface area (Å²) in [5.74, 6) is 0.201. The molecule has 6 nitrogen and oxygen atoms in total. The summed E-state index contributed by atoms with van der Waals surface area (Å²) in [6, 6.07) is 12.8. The molecule has 0 saturated heterocycles. The van der Waals surface area contributed by atoms with E-state index in [0.29, 0.717) is 46.9 Å². The minimum Gasteiger partial charge on any atom is -0.550 e. The van der Waals surface area contributed by atoms with Gasteiger partial charge in [0.15, 0.2) is 17.1 Å². The predicted molar refractivity (Wildman–Crippen MR) is 105 cm³/mol. The zero-order valence-electron chi connectivity index (χ0n) is 15.9.